The first-order valence-corrected chi connectivity index (χ1v) is 10.3. The Bertz CT molecular complexity index is 1040. The second-order valence-corrected chi connectivity index (χ2v) is 7.49. The van der Waals surface area contributed by atoms with Crippen LogP contribution in [0, 0.1) is 0 Å². The van der Waals surface area contributed by atoms with Crippen LogP contribution in [0.4, 0.5) is 0 Å². The predicted molar refractivity (Wildman–Crippen MR) is 117 cm³/mol. The second-order valence-electron chi connectivity index (χ2n) is 7.49. The smallest absolute Gasteiger partial charge is 0.254 e. The number of ether oxygens (including phenoxy) is 1. The zero-order valence-corrected chi connectivity index (χ0v) is 17.4. The molecule has 4 rings (SSSR count). The SMILES string of the molecule is COCCN1C(=O)c2ccccc2[C@H](C(=O)NCc2cccnc2)[C@H]1c1ccccc1. The number of rotatable bonds is 7. The lowest BCUT2D eigenvalue weighted by Gasteiger charge is -2.41. The summed E-state index contributed by atoms with van der Waals surface area (Å²) in [5.41, 5.74) is 3.15. The standard InChI is InChI=1S/C25H25N3O3/c1-31-15-14-28-23(19-9-3-2-4-10-19)22(20-11-5-6-12-21(20)25(28)30)24(29)27-17-18-8-7-13-26-16-18/h2-13,16,22-23H,14-15,17H2,1H3,(H,27,29)/t22-,23+/m0/s1. The van der Waals surface area contributed by atoms with Gasteiger partial charge in [-0.15, -0.1) is 0 Å². The Hall–Kier alpha value is -3.51. The maximum Gasteiger partial charge on any atom is 0.254 e. The van der Waals surface area contributed by atoms with E-state index < -0.39 is 12.0 Å². The van der Waals surface area contributed by atoms with Crippen LogP contribution >= 0.6 is 0 Å². The molecule has 0 aliphatic carbocycles. The fourth-order valence-corrected chi connectivity index (χ4v) is 4.13. The van der Waals surface area contributed by atoms with E-state index >= 15 is 0 Å². The Balaban J connectivity index is 1.74. The fourth-order valence-electron chi connectivity index (χ4n) is 4.13. The molecule has 1 aliphatic heterocycles. The highest BCUT2D eigenvalue weighted by Gasteiger charge is 2.43. The second kappa shape index (κ2) is 9.53. The topological polar surface area (TPSA) is 71.5 Å². The van der Waals surface area contributed by atoms with Crippen molar-refractivity contribution in [2.45, 2.75) is 18.5 Å². The molecule has 2 aromatic carbocycles. The third kappa shape index (κ3) is 4.34. The van der Waals surface area contributed by atoms with Gasteiger partial charge in [-0.3, -0.25) is 14.6 Å². The molecule has 31 heavy (non-hydrogen) atoms. The number of pyridine rings is 1. The molecule has 0 unspecified atom stereocenters. The zero-order valence-electron chi connectivity index (χ0n) is 17.4. The zero-order chi connectivity index (χ0) is 21.6. The number of aromatic nitrogens is 1. The van der Waals surface area contributed by atoms with Gasteiger partial charge in [-0.2, -0.15) is 0 Å². The molecule has 0 radical (unpaired) electrons. The van der Waals surface area contributed by atoms with Crippen molar-refractivity contribution in [3.05, 3.63) is 101 Å². The van der Waals surface area contributed by atoms with Crippen molar-refractivity contribution in [1.29, 1.82) is 0 Å². The summed E-state index contributed by atoms with van der Waals surface area (Å²) in [6, 6.07) is 20.4. The van der Waals surface area contributed by atoms with Crippen LogP contribution < -0.4 is 5.32 Å². The number of hydrogen-bond donors (Lipinski definition) is 1. The van der Waals surface area contributed by atoms with Crippen molar-refractivity contribution in [3.8, 4) is 0 Å². The molecule has 1 aromatic heterocycles. The van der Waals surface area contributed by atoms with Crippen molar-refractivity contribution in [2.75, 3.05) is 20.3 Å². The van der Waals surface area contributed by atoms with Gasteiger partial charge in [-0.05, 0) is 28.8 Å². The van der Waals surface area contributed by atoms with Crippen LogP contribution in [-0.4, -0.2) is 42.0 Å². The van der Waals surface area contributed by atoms with Gasteiger partial charge in [0.15, 0.2) is 0 Å². The Kier molecular flexibility index (Phi) is 6.38. The molecule has 3 aromatic rings. The Morgan fingerprint density at radius 3 is 2.58 bits per heavy atom. The summed E-state index contributed by atoms with van der Waals surface area (Å²) >= 11 is 0. The number of carbonyl (C=O) groups excluding carboxylic acids is 2. The number of fused-ring (bicyclic) bond motifs is 1. The van der Waals surface area contributed by atoms with Gasteiger partial charge < -0.3 is 15.0 Å². The number of carbonyl (C=O) groups is 2. The summed E-state index contributed by atoms with van der Waals surface area (Å²) < 4.78 is 5.26. The van der Waals surface area contributed by atoms with Crippen LogP contribution in [0.1, 0.15) is 39.0 Å². The molecule has 1 aliphatic rings. The van der Waals surface area contributed by atoms with Crippen LogP contribution in [0.2, 0.25) is 0 Å². The molecule has 2 atom stereocenters. The number of methoxy groups -OCH3 is 1. The van der Waals surface area contributed by atoms with E-state index in [1.807, 2.05) is 60.7 Å². The summed E-state index contributed by atoms with van der Waals surface area (Å²) in [5, 5.41) is 3.05. The number of benzene rings is 2. The molecule has 0 saturated heterocycles. The summed E-state index contributed by atoms with van der Waals surface area (Å²) in [4.78, 5) is 32.8. The van der Waals surface area contributed by atoms with Gasteiger partial charge in [0, 0.05) is 38.2 Å². The van der Waals surface area contributed by atoms with Crippen molar-refractivity contribution in [3.63, 3.8) is 0 Å². The lowest BCUT2D eigenvalue weighted by molar-refractivity contribution is -0.124. The van der Waals surface area contributed by atoms with Crippen molar-refractivity contribution < 1.29 is 14.3 Å². The number of nitrogens with one attached hydrogen (secondary N) is 1. The number of amides is 2. The molecule has 2 heterocycles. The van der Waals surface area contributed by atoms with E-state index in [0.29, 0.717) is 25.3 Å². The van der Waals surface area contributed by atoms with Gasteiger partial charge in [0.25, 0.3) is 5.91 Å². The summed E-state index contributed by atoms with van der Waals surface area (Å²) in [6.07, 6.45) is 3.44. The van der Waals surface area contributed by atoms with E-state index in [4.69, 9.17) is 4.74 Å². The third-order valence-electron chi connectivity index (χ3n) is 5.59. The van der Waals surface area contributed by atoms with E-state index in [0.717, 1.165) is 16.7 Å². The highest BCUT2D eigenvalue weighted by atomic mass is 16.5. The maximum absolute atomic E-state index is 13.5. The van der Waals surface area contributed by atoms with Gasteiger partial charge in [-0.25, -0.2) is 0 Å². The van der Waals surface area contributed by atoms with E-state index in [2.05, 4.69) is 10.3 Å². The number of nitrogens with zero attached hydrogens (tertiary/aromatic N) is 2. The Morgan fingerprint density at radius 2 is 1.84 bits per heavy atom. The third-order valence-corrected chi connectivity index (χ3v) is 5.59. The molecular formula is C25H25N3O3. The largest absolute Gasteiger partial charge is 0.383 e. The summed E-state index contributed by atoms with van der Waals surface area (Å²) in [7, 11) is 1.61. The van der Waals surface area contributed by atoms with Crippen LogP contribution in [-0.2, 0) is 16.1 Å². The highest BCUT2D eigenvalue weighted by Crippen LogP contribution is 2.42. The fraction of sp³-hybridized carbons (Fsp3) is 0.240. The molecule has 2 amide bonds. The van der Waals surface area contributed by atoms with Gasteiger partial charge in [-0.1, -0.05) is 54.6 Å². The van der Waals surface area contributed by atoms with Crippen LogP contribution in [0.3, 0.4) is 0 Å². The Morgan fingerprint density at radius 1 is 1.06 bits per heavy atom. The molecule has 1 N–H and O–H groups in total. The maximum atomic E-state index is 13.5. The normalized spacial score (nSPS) is 17.8. The van der Waals surface area contributed by atoms with Crippen molar-refractivity contribution in [1.82, 2.24) is 15.2 Å². The van der Waals surface area contributed by atoms with E-state index in [-0.39, 0.29) is 11.8 Å². The van der Waals surface area contributed by atoms with Crippen LogP contribution in [0.5, 0.6) is 0 Å². The average Bonchev–Trinajstić information content (AvgIpc) is 2.83. The predicted octanol–water partition coefficient (Wildman–Crippen LogP) is 3.33. The molecule has 0 saturated carbocycles. The van der Waals surface area contributed by atoms with Gasteiger partial charge in [0.1, 0.15) is 0 Å². The minimum atomic E-state index is -0.537. The van der Waals surface area contributed by atoms with Gasteiger partial charge in [0.2, 0.25) is 5.91 Å². The summed E-state index contributed by atoms with van der Waals surface area (Å²) in [5.74, 6) is -0.747. The lowest BCUT2D eigenvalue weighted by atomic mass is 9.79. The minimum absolute atomic E-state index is 0.0854. The molecule has 6 heteroatoms. The van der Waals surface area contributed by atoms with Gasteiger partial charge in [0.05, 0.1) is 18.6 Å². The quantitative estimate of drug-likeness (QED) is 0.643. The van der Waals surface area contributed by atoms with Crippen molar-refractivity contribution >= 4 is 11.8 Å². The Labute approximate surface area is 181 Å². The molecule has 6 nitrogen and oxygen atoms in total. The van der Waals surface area contributed by atoms with Crippen molar-refractivity contribution in [2.24, 2.45) is 0 Å². The van der Waals surface area contributed by atoms with E-state index in [1.165, 1.54) is 0 Å². The molecule has 158 valence electrons. The first kappa shape index (κ1) is 20.8. The molecule has 0 fully saturated rings. The first-order valence-electron chi connectivity index (χ1n) is 10.3. The summed E-state index contributed by atoms with van der Waals surface area (Å²) in [6.45, 7) is 1.16. The van der Waals surface area contributed by atoms with Gasteiger partial charge >= 0.3 is 0 Å². The minimum Gasteiger partial charge on any atom is -0.383 e. The average molecular weight is 415 g/mol. The molecule has 0 bridgehead atoms. The van der Waals surface area contributed by atoms with Crippen LogP contribution in [0.25, 0.3) is 0 Å². The lowest BCUT2D eigenvalue weighted by Crippen LogP contribution is -2.48. The monoisotopic (exact) mass is 415 g/mol. The van der Waals surface area contributed by atoms with E-state index in [9.17, 15) is 9.59 Å². The van der Waals surface area contributed by atoms with Crippen LogP contribution in [0.15, 0.2) is 79.1 Å². The molecular weight excluding hydrogens is 390 g/mol. The van der Waals surface area contributed by atoms with E-state index in [1.54, 1.807) is 30.5 Å². The highest BCUT2D eigenvalue weighted by molar-refractivity contribution is 6.01. The number of hydrogen-bond acceptors (Lipinski definition) is 4. The first-order chi connectivity index (χ1) is 15.2. The molecule has 0 spiro atoms.